The van der Waals surface area contributed by atoms with Crippen molar-refractivity contribution < 1.29 is 22.0 Å². The minimum absolute atomic E-state index is 0.0204. The van der Waals surface area contributed by atoms with Crippen LogP contribution in [0.3, 0.4) is 0 Å². The standard InChI is InChI=1S/C25H25F5/c1-2-3-4-5-14-6-7-17-19(9-8-18-20(17)12-16(26)13-21(18)27)24(14)15-10-22(28)25(30)23(29)11-15/h4-5,10-14,17,19,24H,2-3,6-9H2,1H3/t14-,17-,19+,24-/m1/s1. The van der Waals surface area contributed by atoms with E-state index >= 15 is 0 Å². The van der Waals surface area contributed by atoms with Crippen LogP contribution in [0.4, 0.5) is 22.0 Å². The van der Waals surface area contributed by atoms with Crippen LogP contribution in [0.1, 0.15) is 67.6 Å². The van der Waals surface area contributed by atoms with Gasteiger partial charge < -0.3 is 0 Å². The monoisotopic (exact) mass is 420 g/mol. The average Bonchev–Trinajstić information content (AvgIpc) is 2.71. The van der Waals surface area contributed by atoms with Crippen LogP contribution in [0.2, 0.25) is 0 Å². The van der Waals surface area contributed by atoms with Gasteiger partial charge in [0.15, 0.2) is 17.5 Å². The molecular weight excluding hydrogens is 395 g/mol. The van der Waals surface area contributed by atoms with Gasteiger partial charge in [0.25, 0.3) is 0 Å². The van der Waals surface area contributed by atoms with Crippen LogP contribution >= 0.6 is 0 Å². The first-order valence-electron chi connectivity index (χ1n) is 10.7. The molecule has 4 atom stereocenters. The average molecular weight is 420 g/mol. The Morgan fingerprint density at radius 1 is 0.900 bits per heavy atom. The molecule has 0 bridgehead atoms. The molecule has 0 saturated heterocycles. The Bertz CT molecular complexity index is 941. The van der Waals surface area contributed by atoms with Gasteiger partial charge in [-0.3, -0.25) is 0 Å². The molecule has 0 heterocycles. The molecule has 1 saturated carbocycles. The lowest BCUT2D eigenvalue weighted by Gasteiger charge is -2.46. The molecule has 0 amide bonds. The molecule has 4 rings (SSSR count). The highest BCUT2D eigenvalue weighted by Gasteiger charge is 2.43. The third kappa shape index (κ3) is 3.79. The summed E-state index contributed by atoms with van der Waals surface area (Å²) < 4.78 is 70.1. The fourth-order valence-electron chi connectivity index (χ4n) is 5.54. The minimum atomic E-state index is -1.47. The van der Waals surface area contributed by atoms with Crippen molar-refractivity contribution in [3.63, 3.8) is 0 Å². The summed E-state index contributed by atoms with van der Waals surface area (Å²) in [5.74, 6) is -5.29. The number of hydrogen-bond acceptors (Lipinski definition) is 0. The Balaban J connectivity index is 1.78. The Morgan fingerprint density at radius 3 is 2.33 bits per heavy atom. The number of rotatable bonds is 4. The van der Waals surface area contributed by atoms with E-state index < -0.39 is 29.1 Å². The number of benzene rings is 2. The number of fused-ring (bicyclic) bond motifs is 3. The molecule has 0 aliphatic heterocycles. The van der Waals surface area contributed by atoms with Crippen molar-refractivity contribution in [2.45, 2.75) is 57.3 Å². The SMILES string of the molecule is CCCC=C[C@@H]1CC[C@H]2c3cc(F)cc(F)c3CC[C@@H]2[C@H]1c1cc(F)c(F)c(F)c1. The van der Waals surface area contributed by atoms with Crippen LogP contribution in [-0.4, -0.2) is 0 Å². The quantitative estimate of drug-likeness (QED) is 0.272. The van der Waals surface area contributed by atoms with Gasteiger partial charge in [0.05, 0.1) is 0 Å². The largest absolute Gasteiger partial charge is 0.207 e. The van der Waals surface area contributed by atoms with Crippen molar-refractivity contribution in [2.75, 3.05) is 0 Å². The van der Waals surface area contributed by atoms with E-state index in [0.717, 1.165) is 43.9 Å². The lowest BCUT2D eigenvalue weighted by molar-refractivity contribution is 0.193. The Hall–Kier alpha value is -2.17. The zero-order valence-electron chi connectivity index (χ0n) is 16.9. The summed E-state index contributed by atoms with van der Waals surface area (Å²) >= 11 is 0. The smallest absolute Gasteiger partial charge is 0.194 e. The second kappa shape index (κ2) is 8.52. The van der Waals surface area contributed by atoms with E-state index in [1.54, 1.807) is 0 Å². The molecular formula is C25H25F5. The van der Waals surface area contributed by atoms with E-state index in [4.69, 9.17) is 0 Å². The topological polar surface area (TPSA) is 0 Å². The van der Waals surface area contributed by atoms with Crippen LogP contribution in [0, 0.1) is 40.9 Å². The molecule has 30 heavy (non-hydrogen) atoms. The van der Waals surface area contributed by atoms with Gasteiger partial charge in [0.2, 0.25) is 0 Å². The van der Waals surface area contributed by atoms with Crippen LogP contribution < -0.4 is 0 Å². The fraction of sp³-hybridized carbons (Fsp3) is 0.440. The first kappa shape index (κ1) is 21.1. The van der Waals surface area contributed by atoms with Gasteiger partial charge in [-0.25, -0.2) is 22.0 Å². The summed E-state index contributed by atoms with van der Waals surface area (Å²) in [4.78, 5) is 0. The molecule has 0 radical (unpaired) electrons. The maximum Gasteiger partial charge on any atom is 0.194 e. The summed E-state index contributed by atoms with van der Waals surface area (Å²) in [6, 6.07) is 4.51. The highest BCUT2D eigenvalue weighted by molar-refractivity contribution is 5.38. The molecule has 0 aromatic heterocycles. The van der Waals surface area contributed by atoms with Crippen molar-refractivity contribution in [1.29, 1.82) is 0 Å². The highest BCUT2D eigenvalue weighted by atomic mass is 19.2. The van der Waals surface area contributed by atoms with Crippen molar-refractivity contribution in [1.82, 2.24) is 0 Å². The van der Waals surface area contributed by atoms with Crippen LogP contribution in [-0.2, 0) is 6.42 Å². The van der Waals surface area contributed by atoms with Crippen molar-refractivity contribution in [3.8, 4) is 0 Å². The zero-order valence-corrected chi connectivity index (χ0v) is 16.9. The molecule has 2 aliphatic carbocycles. The third-order valence-electron chi connectivity index (χ3n) is 6.80. The summed E-state index contributed by atoms with van der Waals surface area (Å²) in [5.41, 5.74) is 1.65. The molecule has 0 unspecified atom stereocenters. The fourth-order valence-corrected chi connectivity index (χ4v) is 5.54. The maximum absolute atomic E-state index is 14.4. The Kier molecular flexibility index (Phi) is 5.99. The Morgan fingerprint density at radius 2 is 1.63 bits per heavy atom. The number of allylic oxidation sites excluding steroid dienone is 2. The minimum Gasteiger partial charge on any atom is -0.207 e. The van der Waals surface area contributed by atoms with Crippen molar-refractivity contribution in [2.24, 2.45) is 11.8 Å². The van der Waals surface area contributed by atoms with E-state index in [-0.39, 0.29) is 23.7 Å². The number of hydrogen-bond donors (Lipinski definition) is 0. The molecule has 2 aromatic carbocycles. The maximum atomic E-state index is 14.4. The number of unbranched alkanes of at least 4 members (excludes halogenated alkanes) is 1. The van der Waals surface area contributed by atoms with Crippen molar-refractivity contribution >= 4 is 0 Å². The zero-order chi connectivity index (χ0) is 21.4. The summed E-state index contributed by atoms with van der Waals surface area (Å²) in [6.45, 7) is 2.07. The highest BCUT2D eigenvalue weighted by Crippen LogP contribution is 2.54. The van der Waals surface area contributed by atoms with E-state index in [2.05, 4.69) is 19.1 Å². The first-order valence-corrected chi connectivity index (χ1v) is 10.7. The molecule has 160 valence electrons. The molecule has 5 heteroatoms. The molecule has 0 N–H and O–H groups in total. The summed E-state index contributed by atoms with van der Waals surface area (Å²) in [6.07, 6.45) is 8.68. The van der Waals surface area contributed by atoms with E-state index in [1.165, 1.54) is 6.07 Å². The normalized spacial score (nSPS) is 25.9. The van der Waals surface area contributed by atoms with E-state index in [0.29, 0.717) is 29.5 Å². The summed E-state index contributed by atoms with van der Waals surface area (Å²) in [7, 11) is 0. The lowest BCUT2D eigenvalue weighted by atomic mass is 9.58. The van der Waals surface area contributed by atoms with Crippen LogP contribution in [0.25, 0.3) is 0 Å². The van der Waals surface area contributed by atoms with Gasteiger partial charge in [-0.15, -0.1) is 0 Å². The van der Waals surface area contributed by atoms with Gasteiger partial charge in [-0.05, 0) is 90.7 Å². The van der Waals surface area contributed by atoms with Gasteiger partial charge >= 0.3 is 0 Å². The molecule has 0 nitrogen and oxygen atoms in total. The third-order valence-corrected chi connectivity index (χ3v) is 6.80. The van der Waals surface area contributed by atoms with Crippen LogP contribution in [0.5, 0.6) is 0 Å². The second-order valence-electron chi connectivity index (χ2n) is 8.55. The van der Waals surface area contributed by atoms with Gasteiger partial charge in [-0.1, -0.05) is 25.5 Å². The van der Waals surface area contributed by atoms with Crippen molar-refractivity contribution in [3.05, 3.63) is 82.2 Å². The molecule has 2 aromatic rings. The predicted molar refractivity (Wildman–Crippen MR) is 107 cm³/mol. The molecule has 2 aliphatic rings. The van der Waals surface area contributed by atoms with E-state index in [9.17, 15) is 22.0 Å². The van der Waals surface area contributed by atoms with Gasteiger partial charge in [0.1, 0.15) is 11.6 Å². The van der Waals surface area contributed by atoms with Gasteiger partial charge in [-0.2, -0.15) is 0 Å². The lowest BCUT2D eigenvalue weighted by Crippen LogP contribution is -2.35. The second-order valence-corrected chi connectivity index (χ2v) is 8.55. The van der Waals surface area contributed by atoms with Crippen LogP contribution in [0.15, 0.2) is 36.4 Å². The first-order chi connectivity index (χ1) is 14.4. The summed E-state index contributed by atoms with van der Waals surface area (Å²) in [5, 5.41) is 0. The van der Waals surface area contributed by atoms with Gasteiger partial charge in [0, 0.05) is 6.07 Å². The predicted octanol–water partition coefficient (Wildman–Crippen LogP) is 7.58. The Labute approximate surface area is 173 Å². The molecule has 0 spiro atoms. The number of halogens is 5. The van der Waals surface area contributed by atoms with E-state index in [1.807, 2.05) is 0 Å². The molecule has 1 fully saturated rings.